The predicted octanol–water partition coefficient (Wildman–Crippen LogP) is 4.90. The van der Waals surface area contributed by atoms with E-state index < -0.39 is 23.0 Å². The molecule has 0 spiro atoms. The molecule has 1 radical (unpaired) electrons. The summed E-state index contributed by atoms with van der Waals surface area (Å²) in [5.74, 6) is -2.54. The smallest absolute Gasteiger partial charge is 0.137 e. The molecule has 0 atom stereocenters. The van der Waals surface area contributed by atoms with E-state index in [0.717, 1.165) is 18.2 Å². The molecule has 2 aromatic carbocycles. The Bertz CT molecular complexity index is 633. The fourth-order valence-corrected chi connectivity index (χ4v) is 2.03. The van der Waals surface area contributed by atoms with Gasteiger partial charge in [0.05, 0.1) is 5.56 Å². The second kappa shape index (κ2) is 6.13. The molecule has 0 aliphatic carbocycles. The maximum absolute atomic E-state index is 14.0. The average Bonchev–Trinajstić information content (AvgIpc) is 2.39. The monoisotopic (exact) mass is 341 g/mol. The Kier molecular flexibility index (Phi) is 4.49. The molecule has 0 aliphatic rings. The first kappa shape index (κ1) is 14.7. The van der Waals surface area contributed by atoms with Gasteiger partial charge in [-0.1, -0.05) is 28.6 Å². The van der Waals surface area contributed by atoms with Crippen molar-refractivity contribution >= 4 is 15.9 Å². The summed E-state index contributed by atoms with van der Waals surface area (Å²) in [5, 5.41) is 0. The predicted molar refractivity (Wildman–Crippen MR) is 74.0 cm³/mol. The van der Waals surface area contributed by atoms with Crippen molar-refractivity contribution in [3.63, 3.8) is 0 Å². The van der Waals surface area contributed by atoms with Crippen molar-refractivity contribution in [3.8, 4) is 16.9 Å². The Morgan fingerprint density at radius 1 is 1.15 bits per heavy atom. The van der Waals surface area contributed by atoms with E-state index >= 15 is 0 Å². The summed E-state index contributed by atoms with van der Waals surface area (Å²) in [4.78, 5) is 0. The van der Waals surface area contributed by atoms with Crippen LogP contribution in [0.15, 0.2) is 41.4 Å². The Morgan fingerprint density at radius 3 is 2.40 bits per heavy atom. The van der Waals surface area contributed by atoms with E-state index in [1.54, 1.807) is 0 Å². The third-order valence-electron chi connectivity index (χ3n) is 2.52. The van der Waals surface area contributed by atoms with E-state index in [1.807, 2.05) is 0 Å². The van der Waals surface area contributed by atoms with Gasteiger partial charge in [0.15, 0.2) is 0 Å². The molecule has 20 heavy (non-hydrogen) atoms. The SMILES string of the molecule is C=CCOc1cc(F)c(-c2cc(Br)[c]cc2F)c(F)c1. The summed E-state index contributed by atoms with van der Waals surface area (Å²) < 4.78 is 47.1. The standard InChI is InChI=1S/C15H9BrF3O/c1-2-5-20-10-7-13(18)15(14(19)8-10)11-6-9(16)3-4-12(11)17/h2,4,6-8H,1,5H2. The second-order valence-corrected chi connectivity index (χ2v) is 4.76. The Balaban J connectivity index is 2.52. The van der Waals surface area contributed by atoms with Crippen LogP contribution in [0.3, 0.4) is 0 Å². The molecule has 103 valence electrons. The largest absolute Gasteiger partial charge is 0.489 e. The number of benzene rings is 2. The molecule has 0 aliphatic heterocycles. The molecular weight excluding hydrogens is 333 g/mol. The topological polar surface area (TPSA) is 9.23 Å². The van der Waals surface area contributed by atoms with Crippen LogP contribution in [0.4, 0.5) is 13.2 Å². The van der Waals surface area contributed by atoms with Crippen LogP contribution in [0, 0.1) is 23.5 Å². The van der Waals surface area contributed by atoms with Crippen LogP contribution in [-0.2, 0) is 0 Å². The van der Waals surface area contributed by atoms with E-state index in [4.69, 9.17) is 4.74 Å². The maximum atomic E-state index is 14.0. The van der Waals surface area contributed by atoms with Crippen molar-refractivity contribution < 1.29 is 17.9 Å². The Morgan fingerprint density at radius 2 is 1.80 bits per heavy atom. The zero-order valence-electron chi connectivity index (χ0n) is 10.2. The van der Waals surface area contributed by atoms with Gasteiger partial charge in [0.25, 0.3) is 0 Å². The minimum absolute atomic E-state index is 0.0191. The van der Waals surface area contributed by atoms with Gasteiger partial charge in [-0.05, 0) is 12.1 Å². The molecule has 0 saturated heterocycles. The number of hydrogen-bond acceptors (Lipinski definition) is 1. The summed E-state index contributed by atoms with van der Waals surface area (Å²) in [6.45, 7) is 3.56. The highest BCUT2D eigenvalue weighted by Crippen LogP contribution is 2.32. The minimum Gasteiger partial charge on any atom is -0.489 e. The highest BCUT2D eigenvalue weighted by molar-refractivity contribution is 9.10. The summed E-state index contributed by atoms with van der Waals surface area (Å²) in [5.41, 5.74) is -0.621. The number of hydrogen-bond donors (Lipinski definition) is 0. The third kappa shape index (κ3) is 3.04. The van der Waals surface area contributed by atoms with Gasteiger partial charge >= 0.3 is 0 Å². The van der Waals surface area contributed by atoms with Crippen LogP contribution in [0.2, 0.25) is 0 Å². The quantitative estimate of drug-likeness (QED) is 0.719. The first-order valence-corrected chi connectivity index (χ1v) is 6.42. The molecule has 1 nitrogen and oxygen atoms in total. The molecule has 0 fully saturated rings. The normalized spacial score (nSPS) is 10.4. The highest BCUT2D eigenvalue weighted by atomic mass is 79.9. The summed E-state index contributed by atoms with van der Waals surface area (Å²) >= 11 is 3.09. The van der Waals surface area contributed by atoms with Crippen LogP contribution in [0.25, 0.3) is 11.1 Å². The number of halogens is 4. The van der Waals surface area contributed by atoms with Gasteiger partial charge < -0.3 is 4.74 Å². The zero-order valence-corrected chi connectivity index (χ0v) is 11.8. The van der Waals surface area contributed by atoms with Gasteiger partial charge in [-0.2, -0.15) is 0 Å². The molecule has 0 saturated carbocycles. The van der Waals surface area contributed by atoms with E-state index in [0.29, 0.717) is 4.47 Å². The summed E-state index contributed by atoms with van der Waals surface area (Å²) in [6, 6.07) is 6.84. The fraction of sp³-hybridized carbons (Fsp3) is 0.0667. The molecule has 5 heteroatoms. The molecule has 0 unspecified atom stereocenters. The highest BCUT2D eigenvalue weighted by Gasteiger charge is 2.17. The van der Waals surface area contributed by atoms with Gasteiger partial charge in [0, 0.05) is 28.2 Å². The molecular formula is C15H9BrF3O. The molecule has 0 aromatic heterocycles. The van der Waals surface area contributed by atoms with Gasteiger partial charge in [-0.3, -0.25) is 0 Å². The van der Waals surface area contributed by atoms with Crippen molar-refractivity contribution in [2.75, 3.05) is 6.61 Å². The second-order valence-electron chi connectivity index (χ2n) is 3.90. The molecule has 0 bridgehead atoms. The van der Waals surface area contributed by atoms with E-state index in [2.05, 4.69) is 28.6 Å². The van der Waals surface area contributed by atoms with Crippen LogP contribution >= 0.6 is 15.9 Å². The van der Waals surface area contributed by atoms with Crippen molar-refractivity contribution in [1.82, 2.24) is 0 Å². The molecule has 0 amide bonds. The van der Waals surface area contributed by atoms with Crippen LogP contribution in [0.1, 0.15) is 0 Å². The van der Waals surface area contributed by atoms with E-state index in [-0.39, 0.29) is 17.9 Å². The summed E-state index contributed by atoms with van der Waals surface area (Å²) in [6.07, 6.45) is 1.45. The lowest BCUT2D eigenvalue weighted by atomic mass is 10.0. The Labute approximate surface area is 122 Å². The van der Waals surface area contributed by atoms with E-state index in [1.165, 1.54) is 12.1 Å². The van der Waals surface area contributed by atoms with Crippen LogP contribution in [0.5, 0.6) is 5.75 Å². The molecule has 2 aromatic rings. The molecule has 0 N–H and O–H groups in total. The van der Waals surface area contributed by atoms with Gasteiger partial charge in [-0.15, -0.1) is 0 Å². The zero-order chi connectivity index (χ0) is 14.7. The van der Waals surface area contributed by atoms with Crippen LogP contribution in [-0.4, -0.2) is 6.61 Å². The van der Waals surface area contributed by atoms with Crippen molar-refractivity contribution in [2.45, 2.75) is 0 Å². The first-order valence-electron chi connectivity index (χ1n) is 5.62. The number of rotatable bonds is 4. The maximum Gasteiger partial charge on any atom is 0.137 e. The van der Waals surface area contributed by atoms with Gasteiger partial charge in [-0.25, -0.2) is 13.2 Å². The summed E-state index contributed by atoms with van der Waals surface area (Å²) in [7, 11) is 0. The van der Waals surface area contributed by atoms with Crippen LogP contribution < -0.4 is 4.74 Å². The molecule has 0 heterocycles. The van der Waals surface area contributed by atoms with Crippen molar-refractivity contribution in [1.29, 1.82) is 0 Å². The minimum atomic E-state index is -0.902. The van der Waals surface area contributed by atoms with Crippen molar-refractivity contribution in [3.05, 3.63) is 64.9 Å². The lowest BCUT2D eigenvalue weighted by molar-refractivity contribution is 0.358. The average molecular weight is 342 g/mol. The van der Waals surface area contributed by atoms with E-state index in [9.17, 15) is 13.2 Å². The third-order valence-corrected chi connectivity index (χ3v) is 2.98. The number of ether oxygens (including phenoxy) is 1. The lowest BCUT2D eigenvalue weighted by Gasteiger charge is -2.10. The van der Waals surface area contributed by atoms with Gasteiger partial charge in [0.2, 0.25) is 0 Å². The van der Waals surface area contributed by atoms with Crippen molar-refractivity contribution in [2.24, 2.45) is 0 Å². The Hall–Kier alpha value is -1.75. The lowest BCUT2D eigenvalue weighted by Crippen LogP contribution is -1.98. The van der Waals surface area contributed by atoms with Gasteiger partial charge in [0.1, 0.15) is 29.8 Å². The first-order chi connectivity index (χ1) is 9.52. The molecule has 2 rings (SSSR count). The fourth-order valence-electron chi connectivity index (χ4n) is 1.68.